The molecule has 0 saturated heterocycles. The van der Waals surface area contributed by atoms with Crippen LogP contribution in [0.2, 0.25) is 0 Å². The molecule has 1 rings (SSSR count). The second-order valence-corrected chi connectivity index (χ2v) is 4.56. The van der Waals surface area contributed by atoms with Crippen molar-refractivity contribution in [3.05, 3.63) is 35.9 Å². The molecule has 1 aromatic rings. The van der Waals surface area contributed by atoms with Crippen molar-refractivity contribution < 1.29 is 4.79 Å². The van der Waals surface area contributed by atoms with Gasteiger partial charge in [0.2, 0.25) is 5.91 Å². The van der Waals surface area contributed by atoms with E-state index in [4.69, 9.17) is 11.6 Å². The van der Waals surface area contributed by atoms with Gasteiger partial charge in [0.05, 0.1) is 0 Å². The van der Waals surface area contributed by atoms with Crippen molar-refractivity contribution in [1.82, 2.24) is 5.32 Å². The minimum Gasteiger partial charge on any atom is -0.350 e. The molecule has 0 aromatic heterocycles. The van der Waals surface area contributed by atoms with Crippen molar-refractivity contribution >= 4 is 17.5 Å². The average molecular weight is 240 g/mol. The van der Waals surface area contributed by atoms with Crippen LogP contribution in [0, 0.1) is 0 Å². The summed E-state index contributed by atoms with van der Waals surface area (Å²) in [7, 11) is 0. The lowest BCUT2D eigenvalue weighted by atomic mass is 10.0. The monoisotopic (exact) mass is 239 g/mol. The van der Waals surface area contributed by atoms with E-state index in [1.165, 1.54) is 0 Å². The van der Waals surface area contributed by atoms with Gasteiger partial charge in [0.25, 0.3) is 0 Å². The van der Waals surface area contributed by atoms with Gasteiger partial charge in [-0.25, -0.2) is 0 Å². The summed E-state index contributed by atoms with van der Waals surface area (Å²) in [6.45, 7) is 4.39. The highest BCUT2D eigenvalue weighted by molar-refractivity contribution is 6.34. The predicted molar refractivity (Wildman–Crippen MR) is 67.5 cm³/mol. The number of carbonyl (C=O) groups excluding carboxylic acids is 1. The highest BCUT2D eigenvalue weighted by Gasteiger charge is 2.31. The molecule has 2 nitrogen and oxygen atoms in total. The van der Waals surface area contributed by atoms with E-state index in [0.29, 0.717) is 19.4 Å². The Kier molecular flexibility index (Phi) is 4.81. The summed E-state index contributed by atoms with van der Waals surface area (Å²) in [6.07, 6.45) is 1.29. The molecular weight excluding hydrogens is 222 g/mol. The Labute approximate surface area is 102 Å². The second kappa shape index (κ2) is 5.90. The SMILES string of the molecule is CCC(Cl)(CC)C(=O)NCc1ccccc1. The van der Waals surface area contributed by atoms with Crippen LogP contribution in [0.15, 0.2) is 30.3 Å². The molecule has 0 aliphatic heterocycles. The summed E-state index contributed by atoms with van der Waals surface area (Å²) >= 11 is 6.21. The molecule has 0 radical (unpaired) electrons. The van der Waals surface area contributed by atoms with Crippen LogP contribution in [0.5, 0.6) is 0 Å². The Balaban J connectivity index is 2.53. The van der Waals surface area contributed by atoms with Crippen LogP contribution in [-0.2, 0) is 11.3 Å². The van der Waals surface area contributed by atoms with Gasteiger partial charge in [-0.15, -0.1) is 11.6 Å². The standard InChI is InChI=1S/C13H18ClNO/c1-3-13(14,4-2)12(16)15-10-11-8-6-5-7-9-11/h5-9H,3-4,10H2,1-2H3,(H,15,16). The quantitative estimate of drug-likeness (QED) is 0.786. The minimum atomic E-state index is -0.755. The molecule has 0 unspecified atom stereocenters. The average Bonchev–Trinajstić information content (AvgIpc) is 2.36. The Hall–Kier alpha value is -1.02. The maximum Gasteiger partial charge on any atom is 0.241 e. The third-order valence-electron chi connectivity index (χ3n) is 2.82. The Bertz CT molecular complexity index is 333. The van der Waals surface area contributed by atoms with Gasteiger partial charge in [0, 0.05) is 6.54 Å². The topological polar surface area (TPSA) is 29.1 Å². The van der Waals surface area contributed by atoms with E-state index in [2.05, 4.69) is 5.32 Å². The van der Waals surface area contributed by atoms with Gasteiger partial charge in [-0.2, -0.15) is 0 Å². The third-order valence-corrected chi connectivity index (χ3v) is 3.53. The molecule has 1 N–H and O–H groups in total. The summed E-state index contributed by atoms with van der Waals surface area (Å²) < 4.78 is 0. The van der Waals surface area contributed by atoms with Gasteiger partial charge in [0.1, 0.15) is 4.87 Å². The van der Waals surface area contributed by atoms with Gasteiger partial charge in [-0.1, -0.05) is 44.2 Å². The highest BCUT2D eigenvalue weighted by Crippen LogP contribution is 2.23. The zero-order chi connectivity index (χ0) is 12.0. The van der Waals surface area contributed by atoms with Gasteiger partial charge in [-0.3, -0.25) is 4.79 Å². The summed E-state index contributed by atoms with van der Waals surface area (Å²) in [6, 6.07) is 9.82. The van der Waals surface area contributed by atoms with Crippen molar-refractivity contribution in [3.63, 3.8) is 0 Å². The van der Waals surface area contributed by atoms with Crippen molar-refractivity contribution in [1.29, 1.82) is 0 Å². The summed E-state index contributed by atoms with van der Waals surface area (Å²) in [5.74, 6) is -0.0805. The van der Waals surface area contributed by atoms with Crippen LogP contribution < -0.4 is 5.32 Å². The zero-order valence-electron chi connectivity index (χ0n) is 9.79. The third kappa shape index (κ3) is 3.24. The maximum atomic E-state index is 11.9. The van der Waals surface area contributed by atoms with E-state index in [1.54, 1.807) is 0 Å². The number of hydrogen-bond acceptors (Lipinski definition) is 1. The number of rotatable bonds is 5. The first-order chi connectivity index (χ1) is 7.62. The van der Waals surface area contributed by atoms with Crippen LogP contribution in [-0.4, -0.2) is 10.8 Å². The molecule has 1 amide bonds. The van der Waals surface area contributed by atoms with E-state index in [0.717, 1.165) is 5.56 Å². The first-order valence-corrected chi connectivity index (χ1v) is 6.01. The lowest BCUT2D eigenvalue weighted by molar-refractivity contribution is -0.124. The molecule has 0 aliphatic rings. The first kappa shape index (κ1) is 13.0. The molecule has 0 atom stereocenters. The van der Waals surface area contributed by atoms with Crippen molar-refractivity contribution in [3.8, 4) is 0 Å². The fraction of sp³-hybridized carbons (Fsp3) is 0.462. The summed E-state index contributed by atoms with van der Waals surface area (Å²) in [5, 5.41) is 2.87. The van der Waals surface area contributed by atoms with Crippen molar-refractivity contribution in [2.45, 2.75) is 38.1 Å². The van der Waals surface area contributed by atoms with Gasteiger partial charge >= 0.3 is 0 Å². The zero-order valence-corrected chi connectivity index (χ0v) is 10.6. The van der Waals surface area contributed by atoms with Crippen molar-refractivity contribution in [2.24, 2.45) is 0 Å². The summed E-state index contributed by atoms with van der Waals surface area (Å²) in [4.78, 5) is 11.1. The van der Waals surface area contributed by atoms with Crippen LogP contribution in [0.1, 0.15) is 32.3 Å². The Morgan fingerprint density at radius 3 is 2.31 bits per heavy atom. The molecule has 1 aromatic carbocycles. The number of amides is 1. The fourth-order valence-electron chi connectivity index (χ4n) is 1.51. The van der Waals surface area contributed by atoms with Gasteiger partial charge in [-0.05, 0) is 18.4 Å². The van der Waals surface area contributed by atoms with Crippen LogP contribution in [0.4, 0.5) is 0 Å². The molecule has 0 aliphatic carbocycles. The molecule has 3 heteroatoms. The van der Waals surface area contributed by atoms with E-state index in [-0.39, 0.29) is 5.91 Å². The number of nitrogens with one attached hydrogen (secondary N) is 1. The first-order valence-electron chi connectivity index (χ1n) is 5.63. The molecule has 0 heterocycles. The van der Waals surface area contributed by atoms with Crippen LogP contribution in [0.3, 0.4) is 0 Å². The molecule has 88 valence electrons. The maximum absolute atomic E-state index is 11.9. The number of benzene rings is 1. The second-order valence-electron chi connectivity index (χ2n) is 3.84. The van der Waals surface area contributed by atoms with E-state index in [9.17, 15) is 4.79 Å². The number of carbonyl (C=O) groups is 1. The molecule has 0 saturated carbocycles. The van der Waals surface area contributed by atoms with E-state index < -0.39 is 4.87 Å². The number of hydrogen-bond donors (Lipinski definition) is 1. The molecule has 0 bridgehead atoms. The molecule has 16 heavy (non-hydrogen) atoms. The minimum absolute atomic E-state index is 0.0805. The number of halogens is 1. The van der Waals surface area contributed by atoms with Crippen LogP contribution >= 0.6 is 11.6 Å². The normalized spacial score (nSPS) is 11.2. The van der Waals surface area contributed by atoms with Gasteiger partial charge in [0.15, 0.2) is 0 Å². The van der Waals surface area contributed by atoms with E-state index in [1.807, 2.05) is 44.2 Å². The van der Waals surface area contributed by atoms with Crippen molar-refractivity contribution in [2.75, 3.05) is 0 Å². The molecular formula is C13H18ClNO. The largest absolute Gasteiger partial charge is 0.350 e. The van der Waals surface area contributed by atoms with Gasteiger partial charge < -0.3 is 5.32 Å². The molecule has 0 fully saturated rings. The lowest BCUT2D eigenvalue weighted by Gasteiger charge is -2.22. The lowest BCUT2D eigenvalue weighted by Crippen LogP contribution is -2.41. The highest BCUT2D eigenvalue weighted by atomic mass is 35.5. The fourth-order valence-corrected chi connectivity index (χ4v) is 1.57. The predicted octanol–water partition coefficient (Wildman–Crippen LogP) is 3.10. The molecule has 0 spiro atoms. The Morgan fingerprint density at radius 1 is 1.25 bits per heavy atom. The number of alkyl halides is 1. The Morgan fingerprint density at radius 2 is 1.81 bits per heavy atom. The smallest absolute Gasteiger partial charge is 0.241 e. The van der Waals surface area contributed by atoms with E-state index >= 15 is 0 Å². The summed E-state index contributed by atoms with van der Waals surface area (Å²) in [5.41, 5.74) is 1.09. The van der Waals surface area contributed by atoms with Crippen LogP contribution in [0.25, 0.3) is 0 Å².